The molecular formula is C19H14ClN3O5. The molecule has 0 unspecified atom stereocenters. The van der Waals surface area contributed by atoms with Crippen molar-refractivity contribution in [1.82, 2.24) is 5.43 Å². The number of hydrogen-bond donors (Lipinski definition) is 2. The van der Waals surface area contributed by atoms with Crippen LogP contribution in [0.3, 0.4) is 0 Å². The van der Waals surface area contributed by atoms with Crippen LogP contribution in [0.4, 0.5) is 5.69 Å². The van der Waals surface area contributed by atoms with Gasteiger partial charge < -0.3 is 9.52 Å². The quantitative estimate of drug-likeness (QED) is 0.372. The van der Waals surface area contributed by atoms with E-state index in [0.29, 0.717) is 21.9 Å². The first-order valence-electron chi connectivity index (χ1n) is 8.06. The molecule has 8 nitrogen and oxygen atoms in total. The van der Waals surface area contributed by atoms with Gasteiger partial charge in [0.25, 0.3) is 11.6 Å². The number of rotatable bonds is 6. The van der Waals surface area contributed by atoms with Crippen LogP contribution in [0.1, 0.15) is 17.4 Å². The Bertz CT molecular complexity index is 1030. The summed E-state index contributed by atoms with van der Waals surface area (Å²) in [6, 6.07) is 15.6. The highest BCUT2D eigenvalue weighted by atomic mass is 35.5. The lowest BCUT2D eigenvalue weighted by atomic mass is 10.1. The lowest BCUT2D eigenvalue weighted by Crippen LogP contribution is -2.25. The van der Waals surface area contributed by atoms with Crippen LogP contribution in [0.2, 0.25) is 5.02 Å². The van der Waals surface area contributed by atoms with E-state index in [1.807, 2.05) is 0 Å². The van der Waals surface area contributed by atoms with E-state index in [1.54, 1.807) is 42.5 Å². The van der Waals surface area contributed by atoms with Crippen molar-refractivity contribution in [2.45, 2.75) is 6.10 Å². The van der Waals surface area contributed by atoms with Crippen molar-refractivity contribution in [3.8, 4) is 11.3 Å². The van der Waals surface area contributed by atoms with Crippen LogP contribution < -0.4 is 5.43 Å². The van der Waals surface area contributed by atoms with Crippen LogP contribution in [0.15, 0.2) is 70.2 Å². The largest absolute Gasteiger partial charge is 0.455 e. The third-order valence-corrected chi connectivity index (χ3v) is 4.11. The number of furan rings is 1. The van der Waals surface area contributed by atoms with E-state index in [1.165, 1.54) is 24.4 Å². The molecular weight excluding hydrogens is 386 g/mol. The van der Waals surface area contributed by atoms with Gasteiger partial charge in [-0.2, -0.15) is 5.10 Å². The van der Waals surface area contributed by atoms with E-state index in [-0.39, 0.29) is 11.4 Å². The number of non-ortho nitro benzene ring substituents is 1. The second-order valence-corrected chi connectivity index (χ2v) is 6.08. The topological polar surface area (TPSA) is 118 Å². The van der Waals surface area contributed by atoms with Gasteiger partial charge in [-0.25, -0.2) is 5.43 Å². The monoisotopic (exact) mass is 399 g/mol. The molecule has 28 heavy (non-hydrogen) atoms. The van der Waals surface area contributed by atoms with Gasteiger partial charge >= 0.3 is 0 Å². The number of aliphatic hydroxyl groups excluding tert-OH is 1. The molecule has 0 bridgehead atoms. The SMILES string of the molecule is O=C(N/N=C\c1ccc(-c2cc([N+](=O)[O-])ccc2Cl)o1)[C@H](O)c1ccccc1. The molecule has 1 heterocycles. The lowest BCUT2D eigenvalue weighted by Gasteiger charge is -2.08. The molecule has 0 radical (unpaired) electrons. The van der Waals surface area contributed by atoms with Gasteiger partial charge in [-0.1, -0.05) is 41.9 Å². The zero-order valence-corrected chi connectivity index (χ0v) is 15.0. The predicted octanol–water partition coefficient (Wildman–Crippen LogP) is 3.69. The molecule has 1 aromatic heterocycles. The van der Waals surface area contributed by atoms with E-state index in [9.17, 15) is 20.0 Å². The van der Waals surface area contributed by atoms with Gasteiger partial charge in [0.1, 0.15) is 11.5 Å². The van der Waals surface area contributed by atoms with Crippen molar-refractivity contribution < 1.29 is 19.2 Å². The van der Waals surface area contributed by atoms with Crippen molar-refractivity contribution in [2.24, 2.45) is 5.10 Å². The van der Waals surface area contributed by atoms with Crippen molar-refractivity contribution in [2.75, 3.05) is 0 Å². The number of amides is 1. The summed E-state index contributed by atoms with van der Waals surface area (Å²) >= 11 is 6.08. The van der Waals surface area contributed by atoms with Crippen molar-refractivity contribution in [3.05, 3.63) is 87.1 Å². The molecule has 2 aromatic carbocycles. The minimum absolute atomic E-state index is 0.117. The average Bonchev–Trinajstić information content (AvgIpc) is 3.16. The van der Waals surface area contributed by atoms with Crippen LogP contribution in [0.25, 0.3) is 11.3 Å². The van der Waals surface area contributed by atoms with Crippen LogP contribution in [-0.2, 0) is 4.79 Å². The summed E-state index contributed by atoms with van der Waals surface area (Å²) in [5.41, 5.74) is 2.90. The predicted molar refractivity (Wildman–Crippen MR) is 103 cm³/mol. The van der Waals surface area contributed by atoms with Crippen LogP contribution in [0, 0.1) is 10.1 Å². The number of nitro benzene ring substituents is 1. The van der Waals surface area contributed by atoms with Gasteiger partial charge in [0, 0.05) is 17.7 Å². The number of nitrogens with zero attached hydrogens (tertiary/aromatic N) is 2. The minimum Gasteiger partial charge on any atom is -0.455 e. The Morgan fingerprint density at radius 1 is 1.21 bits per heavy atom. The third kappa shape index (κ3) is 4.43. The lowest BCUT2D eigenvalue weighted by molar-refractivity contribution is -0.384. The standard InChI is InChI=1S/C19H14ClN3O5/c20-16-8-6-13(23(26)27)10-15(16)17-9-7-14(28-17)11-21-22-19(25)18(24)12-4-2-1-3-5-12/h1-11,18,24H,(H,22,25)/b21-11-/t18-/m1/s1. The third-order valence-electron chi connectivity index (χ3n) is 3.78. The summed E-state index contributed by atoms with van der Waals surface area (Å²) in [7, 11) is 0. The number of carbonyl (C=O) groups excluding carboxylic acids is 1. The Hall–Kier alpha value is -3.49. The zero-order chi connectivity index (χ0) is 20.1. The molecule has 0 aliphatic carbocycles. The number of aliphatic hydroxyl groups is 1. The first-order chi connectivity index (χ1) is 13.5. The average molecular weight is 400 g/mol. The molecule has 0 spiro atoms. The number of carbonyl (C=O) groups is 1. The minimum atomic E-state index is -1.35. The van der Waals surface area contributed by atoms with Gasteiger partial charge in [0.2, 0.25) is 0 Å². The maximum atomic E-state index is 11.9. The Morgan fingerprint density at radius 3 is 2.68 bits per heavy atom. The number of nitro groups is 1. The van der Waals surface area contributed by atoms with Gasteiger partial charge in [-0.3, -0.25) is 14.9 Å². The van der Waals surface area contributed by atoms with E-state index in [4.69, 9.17) is 16.0 Å². The summed E-state index contributed by atoms with van der Waals surface area (Å²) < 4.78 is 5.54. The van der Waals surface area contributed by atoms with E-state index < -0.39 is 16.9 Å². The smallest absolute Gasteiger partial charge is 0.273 e. The molecule has 0 fully saturated rings. The highest BCUT2D eigenvalue weighted by molar-refractivity contribution is 6.33. The summed E-state index contributed by atoms with van der Waals surface area (Å²) in [5, 5.41) is 24.9. The summed E-state index contributed by atoms with van der Waals surface area (Å²) in [6.07, 6.45) is -0.112. The Balaban J connectivity index is 1.69. The van der Waals surface area contributed by atoms with E-state index >= 15 is 0 Å². The van der Waals surface area contributed by atoms with Gasteiger partial charge in [-0.05, 0) is 23.8 Å². The molecule has 1 atom stereocenters. The van der Waals surface area contributed by atoms with Crippen LogP contribution in [-0.4, -0.2) is 22.2 Å². The fourth-order valence-corrected chi connectivity index (χ4v) is 2.60. The highest BCUT2D eigenvalue weighted by Gasteiger charge is 2.16. The van der Waals surface area contributed by atoms with Crippen LogP contribution in [0.5, 0.6) is 0 Å². The Morgan fingerprint density at radius 2 is 1.96 bits per heavy atom. The summed E-state index contributed by atoms with van der Waals surface area (Å²) in [4.78, 5) is 22.3. The Labute approximate surface area is 164 Å². The fraction of sp³-hybridized carbons (Fsp3) is 0.0526. The van der Waals surface area contributed by atoms with Gasteiger partial charge in [0.15, 0.2) is 6.10 Å². The molecule has 0 aliphatic heterocycles. The normalized spacial score (nSPS) is 12.1. The summed E-state index contributed by atoms with van der Waals surface area (Å²) in [6.45, 7) is 0. The first kappa shape index (κ1) is 19.3. The molecule has 2 N–H and O–H groups in total. The number of benzene rings is 2. The molecule has 0 saturated heterocycles. The van der Waals surface area contributed by atoms with Crippen LogP contribution >= 0.6 is 11.6 Å². The molecule has 9 heteroatoms. The molecule has 0 aliphatic rings. The van der Waals surface area contributed by atoms with Crippen molar-refractivity contribution in [3.63, 3.8) is 0 Å². The fourth-order valence-electron chi connectivity index (χ4n) is 2.39. The summed E-state index contributed by atoms with van der Waals surface area (Å²) in [5.74, 6) is -0.103. The molecule has 0 saturated carbocycles. The second-order valence-electron chi connectivity index (χ2n) is 5.67. The van der Waals surface area contributed by atoms with E-state index in [2.05, 4.69) is 10.5 Å². The highest BCUT2D eigenvalue weighted by Crippen LogP contribution is 2.32. The molecule has 3 aromatic rings. The number of hydrazone groups is 1. The maximum absolute atomic E-state index is 11.9. The van der Waals surface area contributed by atoms with Crippen molar-refractivity contribution in [1.29, 1.82) is 0 Å². The number of nitrogens with one attached hydrogen (secondary N) is 1. The number of halogens is 1. The van der Waals surface area contributed by atoms with Crippen molar-refractivity contribution >= 4 is 29.4 Å². The van der Waals surface area contributed by atoms with Gasteiger partial charge in [-0.15, -0.1) is 0 Å². The molecule has 142 valence electrons. The van der Waals surface area contributed by atoms with E-state index in [0.717, 1.165) is 0 Å². The van der Waals surface area contributed by atoms with Gasteiger partial charge in [0.05, 0.1) is 16.2 Å². The Kier molecular flexibility index (Phi) is 5.83. The molecule has 1 amide bonds. The molecule has 3 rings (SSSR count). The first-order valence-corrected chi connectivity index (χ1v) is 8.43. The second kappa shape index (κ2) is 8.47. The number of hydrogen-bond acceptors (Lipinski definition) is 6. The maximum Gasteiger partial charge on any atom is 0.273 e. The zero-order valence-electron chi connectivity index (χ0n) is 14.3.